The lowest BCUT2D eigenvalue weighted by Crippen LogP contribution is -2.52. The average molecular weight is 452 g/mol. The number of carbonyl (C=O) groups is 4. The monoisotopic (exact) mass is 451 g/mol. The van der Waals surface area contributed by atoms with Gasteiger partial charge in [0, 0.05) is 0 Å². The number of ether oxygens (including phenoxy) is 2. The van der Waals surface area contributed by atoms with Crippen LogP contribution in [-0.2, 0) is 30.5 Å². The molecule has 2 atom stereocenters. The Bertz CT molecular complexity index is 763. The van der Waals surface area contributed by atoms with Crippen molar-refractivity contribution in [1.29, 1.82) is 0 Å². The van der Waals surface area contributed by atoms with Gasteiger partial charge in [-0.2, -0.15) is 0 Å². The van der Waals surface area contributed by atoms with E-state index in [1.807, 2.05) is 25.1 Å². The van der Waals surface area contributed by atoms with Gasteiger partial charge in [-0.1, -0.05) is 43.7 Å². The molecule has 0 saturated carbocycles. The second-order valence-corrected chi connectivity index (χ2v) is 8.13. The van der Waals surface area contributed by atoms with E-state index >= 15 is 0 Å². The Morgan fingerprint density at radius 2 is 1.69 bits per heavy atom. The molecule has 2 unspecified atom stereocenters. The van der Waals surface area contributed by atoms with Crippen molar-refractivity contribution in [3.05, 3.63) is 35.9 Å². The second-order valence-electron chi connectivity index (χ2n) is 8.13. The SMILES string of the molecule is CCCC(NC(=O)OC(C)(C)C)C(O)C(=O)NCC(=O)NCC(=O)OCc1ccccc1. The number of rotatable bonds is 11. The molecule has 0 radical (unpaired) electrons. The summed E-state index contributed by atoms with van der Waals surface area (Å²) in [5, 5.41) is 17.4. The molecule has 4 N–H and O–H groups in total. The smallest absolute Gasteiger partial charge is 0.407 e. The minimum atomic E-state index is -1.58. The van der Waals surface area contributed by atoms with Crippen molar-refractivity contribution < 1.29 is 33.8 Å². The first-order valence-electron chi connectivity index (χ1n) is 10.4. The Balaban J connectivity index is 2.39. The van der Waals surface area contributed by atoms with E-state index in [2.05, 4.69) is 16.0 Å². The standard InChI is InChI=1S/C22H33N3O7/c1-5-9-16(25-21(30)32-22(2,3)4)19(28)20(29)24-12-17(26)23-13-18(27)31-14-15-10-7-6-8-11-15/h6-8,10-11,16,19,28H,5,9,12-14H2,1-4H3,(H,23,26)(H,24,29)(H,25,30). The Labute approximate surface area is 188 Å². The van der Waals surface area contributed by atoms with Crippen LogP contribution in [0.5, 0.6) is 0 Å². The number of hydrogen-bond donors (Lipinski definition) is 4. The van der Waals surface area contributed by atoms with Gasteiger partial charge in [-0.15, -0.1) is 0 Å². The van der Waals surface area contributed by atoms with Gasteiger partial charge in [0.25, 0.3) is 5.91 Å². The number of carbonyl (C=O) groups excluding carboxylic acids is 4. The number of alkyl carbamates (subject to hydrolysis) is 1. The Morgan fingerprint density at radius 1 is 1.03 bits per heavy atom. The number of amides is 3. The van der Waals surface area contributed by atoms with Crippen molar-refractivity contribution in [3.8, 4) is 0 Å². The first kappa shape index (κ1) is 26.9. The van der Waals surface area contributed by atoms with Crippen LogP contribution in [0.4, 0.5) is 4.79 Å². The van der Waals surface area contributed by atoms with Gasteiger partial charge in [0.15, 0.2) is 6.10 Å². The van der Waals surface area contributed by atoms with E-state index < -0.39 is 48.2 Å². The first-order valence-corrected chi connectivity index (χ1v) is 10.4. The quantitative estimate of drug-likeness (QED) is 0.368. The molecule has 0 aliphatic rings. The highest BCUT2D eigenvalue weighted by Crippen LogP contribution is 2.09. The van der Waals surface area contributed by atoms with E-state index in [4.69, 9.17) is 9.47 Å². The van der Waals surface area contributed by atoms with Crippen LogP contribution in [0.2, 0.25) is 0 Å². The molecule has 1 aromatic rings. The molecule has 0 aromatic heterocycles. The molecule has 0 heterocycles. The van der Waals surface area contributed by atoms with Crippen LogP contribution in [0.3, 0.4) is 0 Å². The van der Waals surface area contributed by atoms with E-state index in [-0.39, 0.29) is 13.2 Å². The highest BCUT2D eigenvalue weighted by atomic mass is 16.6. The fraction of sp³-hybridized carbons (Fsp3) is 0.545. The number of esters is 1. The van der Waals surface area contributed by atoms with Gasteiger partial charge in [-0.25, -0.2) is 4.79 Å². The van der Waals surface area contributed by atoms with Gasteiger partial charge in [-0.05, 0) is 32.8 Å². The fourth-order valence-electron chi connectivity index (χ4n) is 2.56. The van der Waals surface area contributed by atoms with Crippen LogP contribution in [0.25, 0.3) is 0 Å². The maximum Gasteiger partial charge on any atom is 0.407 e. The zero-order valence-electron chi connectivity index (χ0n) is 19.0. The molecular formula is C22H33N3O7. The topological polar surface area (TPSA) is 143 Å². The molecule has 0 fully saturated rings. The molecular weight excluding hydrogens is 418 g/mol. The predicted molar refractivity (Wildman–Crippen MR) is 116 cm³/mol. The Hall–Kier alpha value is -3.14. The third kappa shape index (κ3) is 11.3. The number of nitrogens with one attached hydrogen (secondary N) is 3. The summed E-state index contributed by atoms with van der Waals surface area (Å²) >= 11 is 0. The molecule has 0 bridgehead atoms. The summed E-state index contributed by atoms with van der Waals surface area (Å²) in [6.07, 6.45) is -1.41. The number of aliphatic hydroxyl groups excluding tert-OH is 1. The van der Waals surface area contributed by atoms with Gasteiger partial charge < -0.3 is 30.5 Å². The summed E-state index contributed by atoms with van der Waals surface area (Å²) in [6, 6.07) is 8.19. The van der Waals surface area contributed by atoms with Crippen molar-refractivity contribution in [2.24, 2.45) is 0 Å². The van der Waals surface area contributed by atoms with Crippen molar-refractivity contribution in [1.82, 2.24) is 16.0 Å². The largest absolute Gasteiger partial charge is 0.460 e. The summed E-state index contributed by atoms with van der Waals surface area (Å²) < 4.78 is 10.2. The van der Waals surface area contributed by atoms with E-state index in [1.165, 1.54) is 0 Å². The van der Waals surface area contributed by atoms with E-state index in [1.54, 1.807) is 32.9 Å². The van der Waals surface area contributed by atoms with Gasteiger partial charge >= 0.3 is 12.1 Å². The first-order chi connectivity index (χ1) is 15.0. The van der Waals surface area contributed by atoms with Crippen molar-refractivity contribution >= 4 is 23.9 Å². The van der Waals surface area contributed by atoms with E-state index in [9.17, 15) is 24.3 Å². The van der Waals surface area contributed by atoms with E-state index in [0.29, 0.717) is 12.8 Å². The molecule has 32 heavy (non-hydrogen) atoms. The van der Waals surface area contributed by atoms with Crippen LogP contribution < -0.4 is 16.0 Å². The Kier molecular flexibility index (Phi) is 11.2. The van der Waals surface area contributed by atoms with E-state index in [0.717, 1.165) is 5.56 Å². The van der Waals surface area contributed by atoms with Crippen molar-refractivity contribution in [2.45, 2.75) is 64.9 Å². The van der Waals surface area contributed by atoms with Gasteiger partial charge in [-0.3, -0.25) is 14.4 Å². The lowest BCUT2D eigenvalue weighted by atomic mass is 10.1. The highest BCUT2D eigenvalue weighted by molar-refractivity contribution is 5.89. The molecule has 3 amide bonds. The van der Waals surface area contributed by atoms with Gasteiger partial charge in [0.05, 0.1) is 12.6 Å². The van der Waals surface area contributed by atoms with Crippen molar-refractivity contribution in [3.63, 3.8) is 0 Å². The lowest BCUT2D eigenvalue weighted by Gasteiger charge is -2.26. The fourth-order valence-corrected chi connectivity index (χ4v) is 2.56. The van der Waals surface area contributed by atoms with Crippen LogP contribution in [-0.4, -0.2) is 59.8 Å². The maximum atomic E-state index is 12.2. The third-order valence-corrected chi connectivity index (χ3v) is 4.05. The Morgan fingerprint density at radius 3 is 2.28 bits per heavy atom. The molecule has 1 aromatic carbocycles. The van der Waals surface area contributed by atoms with Crippen LogP contribution in [0, 0.1) is 0 Å². The average Bonchev–Trinajstić information content (AvgIpc) is 2.73. The van der Waals surface area contributed by atoms with Gasteiger partial charge in [0.2, 0.25) is 5.91 Å². The number of aliphatic hydroxyl groups is 1. The van der Waals surface area contributed by atoms with Crippen molar-refractivity contribution in [2.75, 3.05) is 13.1 Å². The lowest BCUT2D eigenvalue weighted by molar-refractivity contribution is -0.145. The van der Waals surface area contributed by atoms with Gasteiger partial charge in [0.1, 0.15) is 18.8 Å². The summed E-state index contributed by atoms with van der Waals surface area (Å²) in [7, 11) is 0. The molecule has 178 valence electrons. The third-order valence-electron chi connectivity index (χ3n) is 4.05. The predicted octanol–water partition coefficient (Wildman–Crippen LogP) is 1.02. The zero-order valence-corrected chi connectivity index (χ0v) is 19.0. The summed E-state index contributed by atoms with van der Waals surface area (Å²) in [5.74, 6) is -2.09. The molecule has 1 rings (SSSR count). The summed E-state index contributed by atoms with van der Waals surface area (Å²) in [5.41, 5.74) is 0.0871. The molecule has 0 spiro atoms. The van der Waals surface area contributed by atoms with Crippen LogP contribution in [0.1, 0.15) is 46.1 Å². The highest BCUT2D eigenvalue weighted by Gasteiger charge is 2.29. The maximum absolute atomic E-state index is 12.2. The number of benzene rings is 1. The van der Waals surface area contributed by atoms with Crippen LogP contribution >= 0.6 is 0 Å². The molecule has 0 aliphatic heterocycles. The number of hydrogen-bond acceptors (Lipinski definition) is 7. The molecule has 0 saturated heterocycles. The minimum absolute atomic E-state index is 0.0853. The summed E-state index contributed by atoms with van der Waals surface area (Å²) in [4.78, 5) is 47.7. The second kappa shape index (κ2) is 13.3. The zero-order chi connectivity index (χ0) is 24.1. The van der Waals surface area contributed by atoms with Crippen LogP contribution in [0.15, 0.2) is 30.3 Å². The molecule has 10 heteroatoms. The molecule has 10 nitrogen and oxygen atoms in total. The molecule has 0 aliphatic carbocycles. The summed E-state index contributed by atoms with van der Waals surface area (Å²) in [6.45, 7) is 6.19. The normalized spacial score (nSPS) is 12.8. The minimum Gasteiger partial charge on any atom is -0.460 e.